The van der Waals surface area contributed by atoms with Gasteiger partial charge in [0.2, 0.25) is 11.8 Å². The van der Waals surface area contributed by atoms with Gasteiger partial charge in [-0.1, -0.05) is 29.4 Å². The molecule has 1 aromatic heterocycles. The van der Waals surface area contributed by atoms with Crippen molar-refractivity contribution in [2.45, 2.75) is 76.8 Å². The molecule has 11 nitrogen and oxygen atoms in total. The Bertz CT molecular complexity index is 2190. The molecular formula is C40H37FN6O5. The summed E-state index contributed by atoms with van der Waals surface area (Å²) in [5, 5.41) is 19.3. The molecule has 4 amide bonds. The summed E-state index contributed by atoms with van der Waals surface area (Å²) in [6, 6.07) is 18.3. The molecule has 0 radical (unpaired) electrons. The highest BCUT2D eigenvalue weighted by Crippen LogP contribution is 2.48. The molecule has 1 atom stereocenters. The lowest BCUT2D eigenvalue weighted by molar-refractivity contribution is -0.136. The molecule has 1 saturated heterocycles. The van der Waals surface area contributed by atoms with E-state index in [1.54, 1.807) is 0 Å². The fraction of sp³-hybridized carbons (Fsp3) is 0.350. The van der Waals surface area contributed by atoms with E-state index in [0.717, 1.165) is 81.7 Å². The first-order valence-electron chi connectivity index (χ1n) is 17.6. The third-order valence-electron chi connectivity index (χ3n) is 11.1. The standard InChI is InChI=1S/C40H37FN6O5/c1-21-4-5-25(36-22(2)45-52-23(36)3)16-34(21)46(28-8-6-26(7-9-28)40(20-42)12-13-40)19-24-14-27(15-24)43-32-18-30-29(17-31(32)41)38(50)47(39(30)51)33-10-11-35(48)44-37(33)49/h4-9,16-18,24,27,33,43H,10-15,19H2,1-3H3,(H,44,48,49). The van der Waals surface area contributed by atoms with Gasteiger partial charge in [0, 0.05) is 35.9 Å². The zero-order valence-corrected chi connectivity index (χ0v) is 29.1. The highest BCUT2D eigenvalue weighted by atomic mass is 19.1. The highest BCUT2D eigenvalue weighted by molar-refractivity contribution is 6.23. The lowest BCUT2D eigenvalue weighted by Gasteiger charge is -2.40. The number of hydrogen-bond acceptors (Lipinski definition) is 9. The number of imide groups is 2. The molecule has 12 heteroatoms. The van der Waals surface area contributed by atoms with E-state index in [2.05, 4.69) is 76.1 Å². The van der Waals surface area contributed by atoms with Crippen molar-refractivity contribution in [3.8, 4) is 17.2 Å². The lowest BCUT2D eigenvalue weighted by Crippen LogP contribution is -2.54. The quantitative estimate of drug-likeness (QED) is 0.190. The van der Waals surface area contributed by atoms with Gasteiger partial charge in [-0.3, -0.25) is 29.4 Å². The maximum atomic E-state index is 15.4. The Morgan fingerprint density at radius 2 is 1.73 bits per heavy atom. The number of nitrogens with zero attached hydrogens (tertiary/aromatic N) is 4. The topological polar surface area (TPSA) is 149 Å². The summed E-state index contributed by atoms with van der Waals surface area (Å²) in [5.74, 6) is -2.26. The van der Waals surface area contributed by atoms with Gasteiger partial charge in [0.15, 0.2) is 0 Å². The Hall–Kier alpha value is -5.83. The summed E-state index contributed by atoms with van der Waals surface area (Å²) >= 11 is 0. The van der Waals surface area contributed by atoms with Crippen LogP contribution in [-0.2, 0) is 15.0 Å². The Balaban J connectivity index is 1.01. The van der Waals surface area contributed by atoms with Crippen LogP contribution in [0.25, 0.3) is 11.1 Å². The molecule has 3 aromatic carbocycles. The number of piperidine rings is 1. The van der Waals surface area contributed by atoms with Crippen molar-refractivity contribution in [2.24, 2.45) is 5.92 Å². The molecule has 3 fully saturated rings. The number of amides is 4. The third-order valence-corrected chi connectivity index (χ3v) is 11.1. The number of aromatic nitrogens is 1. The highest BCUT2D eigenvalue weighted by Gasteiger charge is 2.46. The first-order chi connectivity index (χ1) is 25.0. The van der Waals surface area contributed by atoms with Crippen LogP contribution in [-0.4, -0.2) is 52.3 Å². The number of fused-ring (bicyclic) bond motifs is 1. The van der Waals surface area contributed by atoms with Crippen molar-refractivity contribution in [2.75, 3.05) is 16.8 Å². The number of rotatable bonds is 9. The van der Waals surface area contributed by atoms with Gasteiger partial charge in [0.05, 0.1) is 34.0 Å². The third kappa shape index (κ3) is 5.61. The molecule has 4 aromatic rings. The second-order valence-electron chi connectivity index (χ2n) is 14.6. The molecule has 2 aliphatic carbocycles. The molecule has 2 N–H and O–H groups in total. The molecule has 3 heterocycles. The van der Waals surface area contributed by atoms with Crippen molar-refractivity contribution < 1.29 is 28.1 Å². The van der Waals surface area contributed by atoms with Crippen LogP contribution in [0.4, 0.5) is 21.5 Å². The normalized spacial score (nSPS) is 21.7. The minimum atomic E-state index is -1.12. The second kappa shape index (κ2) is 12.4. The van der Waals surface area contributed by atoms with Crippen molar-refractivity contribution >= 4 is 40.7 Å². The molecule has 1 unspecified atom stereocenters. The van der Waals surface area contributed by atoms with Crippen LogP contribution in [0.2, 0.25) is 0 Å². The molecule has 2 saturated carbocycles. The first kappa shape index (κ1) is 33.3. The predicted octanol–water partition coefficient (Wildman–Crippen LogP) is 6.39. The van der Waals surface area contributed by atoms with Gasteiger partial charge >= 0.3 is 0 Å². The van der Waals surface area contributed by atoms with Gasteiger partial charge in [0.25, 0.3) is 11.8 Å². The van der Waals surface area contributed by atoms with E-state index in [-0.39, 0.29) is 47.0 Å². The Morgan fingerprint density at radius 1 is 1.02 bits per heavy atom. The van der Waals surface area contributed by atoms with Gasteiger partial charge in [0.1, 0.15) is 17.6 Å². The maximum Gasteiger partial charge on any atom is 0.262 e. The maximum absolute atomic E-state index is 15.4. The van der Waals surface area contributed by atoms with Crippen molar-refractivity contribution in [3.05, 3.63) is 94.1 Å². The minimum Gasteiger partial charge on any atom is -0.380 e. The van der Waals surface area contributed by atoms with Gasteiger partial charge in [-0.2, -0.15) is 5.26 Å². The Morgan fingerprint density at radius 3 is 2.37 bits per heavy atom. The smallest absolute Gasteiger partial charge is 0.262 e. The fourth-order valence-corrected chi connectivity index (χ4v) is 7.93. The van der Waals surface area contributed by atoms with Crippen LogP contribution in [0.15, 0.2) is 59.1 Å². The molecule has 4 aliphatic rings. The molecule has 0 bridgehead atoms. The number of nitriles is 1. The van der Waals surface area contributed by atoms with E-state index in [1.165, 1.54) is 6.07 Å². The van der Waals surface area contributed by atoms with Crippen molar-refractivity contribution in [1.29, 1.82) is 5.26 Å². The molecule has 2 aliphatic heterocycles. The molecular weight excluding hydrogens is 663 g/mol. The van der Waals surface area contributed by atoms with E-state index in [4.69, 9.17) is 4.52 Å². The largest absolute Gasteiger partial charge is 0.380 e. The zero-order chi connectivity index (χ0) is 36.5. The average Bonchev–Trinajstić information content (AvgIpc) is 3.79. The summed E-state index contributed by atoms with van der Waals surface area (Å²) in [6.07, 6.45) is 3.24. The fourth-order valence-electron chi connectivity index (χ4n) is 7.93. The summed E-state index contributed by atoms with van der Waals surface area (Å²) in [7, 11) is 0. The number of hydrogen-bond donors (Lipinski definition) is 2. The van der Waals surface area contributed by atoms with Crippen molar-refractivity contribution in [1.82, 2.24) is 15.4 Å². The lowest BCUT2D eigenvalue weighted by atomic mass is 9.79. The van der Waals surface area contributed by atoms with Gasteiger partial charge < -0.3 is 14.7 Å². The number of anilines is 3. The summed E-state index contributed by atoms with van der Waals surface area (Å²) in [5.41, 5.74) is 6.62. The predicted molar refractivity (Wildman–Crippen MR) is 189 cm³/mol. The van der Waals surface area contributed by atoms with Crippen LogP contribution < -0.4 is 15.5 Å². The molecule has 8 rings (SSSR count). The number of benzene rings is 3. The van der Waals surface area contributed by atoms with E-state index >= 15 is 4.39 Å². The SMILES string of the molecule is Cc1ccc(-c2c(C)noc2C)cc1N(CC1CC(Nc2cc3c(cc2F)C(=O)N(C2CCC(=O)NC2=O)C3=O)C1)c1ccc(C2(C#N)CC2)cc1. The molecule has 264 valence electrons. The Kier molecular flexibility index (Phi) is 7.97. The zero-order valence-electron chi connectivity index (χ0n) is 29.1. The van der Waals surface area contributed by atoms with Crippen LogP contribution in [0.5, 0.6) is 0 Å². The van der Waals surface area contributed by atoms with E-state index in [0.29, 0.717) is 6.54 Å². The van der Waals surface area contributed by atoms with E-state index < -0.39 is 35.5 Å². The Labute approximate surface area is 299 Å². The summed E-state index contributed by atoms with van der Waals surface area (Å²) in [6.45, 7) is 6.60. The summed E-state index contributed by atoms with van der Waals surface area (Å²) in [4.78, 5) is 53.7. The number of carbonyl (C=O) groups excluding carboxylic acids is 4. The summed E-state index contributed by atoms with van der Waals surface area (Å²) < 4.78 is 20.9. The monoisotopic (exact) mass is 700 g/mol. The first-order valence-corrected chi connectivity index (χ1v) is 17.6. The van der Waals surface area contributed by atoms with Crippen LogP contribution in [0, 0.1) is 43.8 Å². The minimum absolute atomic E-state index is 0.00463. The van der Waals surface area contributed by atoms with E-state index in [9.17, 15) is 24.4 Å². The number of nitrogens with one attached hydrogen (secondary N) is 2. The number of carbonyl (C=O) groups is 4. The molecule has 52 heavy (non-hydrogen) atoms. The number of halogens is 1. The van der Waals surface area contributed by atoms with Gasteiger partial charge in [-0.05, 0) is 106 Å². The van der Waals surface area contributed by atoms with Gasteiger partial charge in [-0.15, -0.1) is 0 Å². The van der Waals surface area contributed by atoms with Crippen molar-refractivity contribution in [3.63, 3.8) is 0 Å². The second-order valence-corrected chi connectivity index (χ2v) is 14.6. The van der Waals surface area contributed by atoms with Gasteiger partial charge in [-0.25, -0.2) is 4.39 Å². The number of aryl methyl sites for hydroxylation is 3. The van der Waals surface area contributed by atoms with Crippen LogP contribution >= 0.6 is 0 Å². The molecule has 0 spiro atoms. The van der Waals surface area contributed by atoms with Crippen LogP contribution in [0.1, 0.15) is 81.8 Å². The average molecular weight is 701 g/mol. The van der Waals surface area contributed by atoms with E-state index in [1.807, 2.05) is 13.8 Å². The van der Waals surface area contributed by atoms with Crippen LogP contribution in [0.3, 0.4) is 0 Å².